The molecule has 1 aliphatic rings. The van der Waals surface area contributed by atoms with Gasteiger partial charge in [0.25, 0.3) is 0 Å². The normalized spacial score (nSPS) is 24.8. The second-order valence-electron chi connectivity index (χ2n) is 4.55. The van der Waals surface area contributed by atoms with Crippen LogP contribution in [0.2, 0.25) is 0 Å². The van der Waals surface area contributed by atoms with Crippen molar-refractivity contribution in [2.24, 2.45) is 0 Å². The Kier molecular flexibility index (Phi) is 4.34. The summed E-state index contributed by atoms with van der Waals surface area (Å²) in [4.78, 5) is 4.05. The van der Waals surface area contributed by atoms with Crippen molar-refractivity contribution in [1.29, 1.82) is 0 Å². The van der Waals surface area contributed by atoms with Crippen molar-refractivity contribution in [1.82, 2.24) is 4.98 Å². The second-order valence-corrected chi connectivity index (χ2v) is 4.55. The first-order valence-electron chi connectivity index (χ1n) is 6.12. The average molecular weight is 236 g/mol. The number of nitrogens with zero attached hydrogens (tertiary/aromatic N) is 1. The molecule has 0 aromatic carbocycles. The molecule has 1 saturated carbocycles. The lowest BCUT2D eigenvalue weighted by molar-refractivity contribution is -0.0363. The monoisotopic (exact) mass is 236 g/mol. The van der Waals surface area contributed by atoms with Gasteiger partial charge >= 0.3 is 0 Å². The number of hydrogen-bond donors (Lipinski definition) is 1. The standard InChI is InChI=1S/C13H20N2O2/c1-16-11-3-2-4-12(7-11)17-9-10-5-6-13(14)15-8-10/h5-6,8,11-12H,2-4,7,9H2,1H3,(H2,14,15). The van der Waals surface area contributed by atoms with Crippen LogP contribution < -0.4 is 5.73 Å². The summed E-state index contributed by atoms with van der Waals surface area (Å²) >= 11 is 0. The van der Waals surface area contributed by atoms with Gasteiger partial charge in [-0.05, 0) is 37.3 Å². The van der Waals surface area contributed by atoms with Gasteiger partial charge in [0.15, 0.2) is 0 Å². The number of aromatic nitrogens is 1. The fourth-order valence-corrected chi connectivity index (χ4v) is 2.20. The molecule has 0 spiro atoms. The van der Waals surface area contributed by atoms with E-state index >= 15 is 0 Å². The van der Waals surface area contributed by atoms with Crippen LogP contribution in [0.1, 0.15) is 31.2 Å². The lowest BCUT2D eigenvalue weighted by atomic mass is 9.95. The Hall–Kier alpha value is -1.13. The number of hydrogen-bond acceptors (Lipinski definition) is 4. The maximum Gasteiger partial charge on any atom is 0.123 e. The van der Waals surface area contributed by atoms with Gasteiger partial charge in [-0.1, -0.05) is 6.07 Å². The Morgan fingerprint density at radius 3 is 2.88 bits per heavy atom. The number of methoxy groups -OCH3 is 1. The molecule has 1 heterocycles. The van der Waals surface area contributed by atoms with Crippen molar-refractivity contribution < 1.29 is 9.47 Å². The summed E-state index contributed by atoms with van der Waals surface area (Å²) in [6, 6.07) is 3.76. The minimum atomic E-state index is 0.311. The van der Waals surface area contributed by atoms with E-state index in [0.29, 0.717) is 24.6 Å². The number of nitrogens with two attached hydrogens (primary N) is 1. The molecule has 2 rings (SSSR count). The van der Waals surface area contributed by atoms with Crippen molar-refractivity contribution in [3.05, 3.63) is 23.9 Å². The molecule has 2 atom stereocenters. The zero-order valence-corrected chi connectivity index (χ0v) is 10.3. The summed E-state index contributed by atoms with van der Waals surface area (Å²) in [5.74, 6) is 0.547. The van der Waals surface area contributed by atoms with Crippen LogP contribution in [-0.4, -0.2) is 24.3 Å². The average Bonchev–Trinajstić information content (AvgIpc) is 2.38. The highest BCUT2D eigenvalue weighted by Gasteiger charge is 2.22. The highest BCUT2D eigenvalue weighted by Crippen LogP contribution is 2.23. The maximum atomic E-state index is 5.88. The molecule has 1 fully saturated rings. The minimum Gasteiger partial charge on any atom is -0.384 e. The maximum absolute atomic E-state index is 5.88. The first-order valence-corrected chi connectivity index (χ1v) is 6.12. The zero-order chi connectivity index (χ0) is 12.1. The second kappa shape index (κ2) is 5.98. The molecule has 1 aliphatic carbocycles. The van der Waals surface area contributed by atoms with Crippen LogP contribution in [0, 0.1) is 0 Å². The van der Waals surface area contributed by atoms with Crippen LogP contribution in [0.15, 0.2) is 18.3 Å². The van der Waals surface area contributed by atoms with Crippen LogP contribution in [0.3, 0.4) is 0 Å². The summed E-state index contributed by atoms with van der Waals surface area (Å²) in [5, 5.41) is 0. The first kappa shape index (κ1) is 12.3. The zero-order valence-electron chi connectivity index (χ0n) is 10.3. The lowest BCUT2D eigenvalue weighted by Gasteiger charge is -2.28. The van der Waals surface area contributed by atoms with Crippen LogP contribution in [0.4, 0.5) is 5.82 Å². The molecule has 4 heteroatoms. The molecule has 0 bridgehead atoms. The van der Waals surface area contributed by atoms with Crippen molar-refractivity contribution in [3.63, 3.8) is 0 Å². The van der Waals surface area contributed by atoms with Gasteiger partial charge in [-0.15, -0.1) is 0 Å². The third-order valence-electron chi connectivity index (χ3n) is 3.24. The van der Waals surface area contributed by atoms with E-state index in [1.165, 1.54) is 6.42 Å². The van der Waals surface area contributed by atoms with Crippen LogP contribution in [-0.2, 0) is 16.1 Å². The van der Waals surface area contributed by atoms with Crippen molar-refractivity contribution in [2.75, 3.05) is 12.8 Å². The molecule has 1 aromatic rings. The minimum absolute atomic E-state index is 0.311. The van der Waals surface area contributed by atoms with Gasteiger partial charge in [0.1, 0.15) is 5.82 Å². The largest absolute Gasteiger partial charge is 0.384 e. The molecule has 2 unspecified atom stereocenters. The van der Waals surface area contributed by atoms with Crippen molar-refractivity contribution >= 4 is 5.82 Å². The van der Waals surface area contributed by atoms with E-state index in [0.717, 1.165) is 24.8 Å². The smallest absolute Gasteiger partial charge is 0.123 e. The third kappa shape index (κ3) is 3.68. The van der Waals surface area contributed by atoms with Crippen LogP contribution >= 0.6 is 0 Å². The van der Waals surface area contributed by atoms with Gasteiger partial charge in [0, 0.05) is 13.3 Å². The summed E-state index contributed by atoms with van der Waals surface area (Å²) < 4.78 is 11.3. The van der Waals surface area contributed by atoms with E-state index in [4.69, 9.17) is 15.2 Å². The molecule has 0 radical (unpaired) electrons. The molecule has 0 aliphatic heterocycles. The number of anilines is 1. The Morgan fingerprint density at radius 1 is 1.35 bits per heavy atom. The van der Waals surface area contributed by atoms with Gasteiger partial charge in [0.05, 0.1) is 18.8 Å². The van der Waals surface area contributed by atoms with E-state index in [-0.39, 0.29) is 0 Å². The molecular formula is C13H20N2O2. The third-order valence-corrected chi connectivity index (χ3v) is 3.24. The quantitative estimate of drug-likeness (QED) is 0.870. The number of ether oxygens (including phenoxy) is 2. The number of pyridine rings is 1. The molecule has 2 N–H and O–H groups in total. The molecule has 94 valence electrons. The fraction of sp³-hybridized carbons (Fsp3) is 0.615. The fourth-order valence-electron chi connectivity index (χ4n) is 2.20. The van der Waals surface area contributed by atoms with Crippen molar-refractivity contribution in [3.8, 4) is 0 Å². The summed E-state index contributed by atoms with van der Waals surface area (Å²) in [7, 11) is 1.77. The molecule has 0 amide bonds. The number of rotatable bonds is 4. The van der Waals surface area contributed by atoms with Crippen molar-refractivity contribution in [2.45, 2.75) is 44.5 Å². The highest BCUT2D eigenvalue weighted by molar-refractivity contribution is 5.28. The highest BCUT2D eigenvalue weighted by atomic mass is 16.5. The summed E-state index contributed by atoms with van der Waals surface area (Å²) in [6.45, 7) is 0.606. The topological polar surface area (TPSA) is 57.4 Å². The van der Waals surface area contributed by atoms with Gasteiger partial charge in [0.2, 0.25) is 0 Å². The molecule has 17 heavy (non-hydrogen) atoms. The molecule has 1 aromatic heterocycles. The van der Waals surface area contributed by atoms with Gasteiger partial charge in [-0.2, -0.15) is 0 Å². The molecule has 0 saturated heterocycles. The Morgan fingerprint density at radius 2 is 2.18 bits per heavy atom. The Labute approximate surface area is 102 Å². The summed E-state index contributed by atoms with van der Waals surface area (Å²) in [5.41, 5.74) is 6.60. The molecular weight excluding hydrogens is 216 g/mol. The Balaban J connectivity index is 1.79. The lowest BCUT2D eigenvalue weighted by Crippen LogP contribution is -2.27. The predicted molar refractivity (Wildman–Crippen MR) is 66.5 cm³/mol. The predicted octanol–water partition coefficient (Wildman–Crippen LogP) is 2.14. The van der Waals surface area contributed by atoms with E-state index in [1.807, 2.05) is 6.07 Å². The SMILES string of the molecule is COC1CCCC(OCc2ccc(N)nc2)C1. The summed E-state index contributed by atoms with van der Waals surface area (Å²) in [6.07, 6.45) is 6.90. The van der Waals surface area contributed by atoms with Gasteiger partial charge < -0.3 is 15.2 Å². The first-order chi connectivity index (χ1) is 8.28. The van der Waals surface area contributed by atoms with Gasteiger partial charge in [-0.3, -0.25) is 0 Å². The van der Waals surface area contributed by atoms with E-state index in [2.05, 4.69) is 4.98 Å². The van der Waals surface area contributed by atoms with Crippen LogP contribution in [0.5, 0.6) is 0 Å². The van der Waals surface area contributed by atoms with E-state index in [1.54, 1.807) is 19.4 Å². The van der Waals surface area contributed by atoms with E-state index in [9.17, 15) is 0 Å². The molecule has 4 nitrogen and oxygen atoms in total. The Bertz CT molecular complexity index is 340. The van der Waals surface area contributed by atoms with E-state index < -0.39 is 0 Å². The van der Waals surface area contributed by atoms with Crippen LogP contribution in [0.25, 0.3) is 0 Å². The number of nitrogen functional groups attached to an aromatic ring is 1. The van der Waals surface area contributed by atoms with Gasteiger partial charge in [-0.25, -0.2) is 4.98 Å².